The fraction of sp³-hybridized carbons (Fsp3) is 0.273. The molecule has 0 saturated carbocycles. The van der Waals surface area contributed by atoms with E-state index in [1.54, 1.807) is 24.5 Å². The molecule has 0 spiro atoms. The van der Waals surface area contributed by atoms with Gasteiger partial charge in [-0.1, -0.05) is 13.3 Å². The van der Waals surface area contributed by atoms with Gasteiger partial charge < -0.3 is 15.0 Å². The van der Waals surface area contributed by atoms with Crippen molar-refractivity contribution in [3.63, 3.8) is 0 Å². The molecule has 0 bridgehead atoms. The summed E-state index contributed by atoms with van der Waals surface area (Å²) in [6.07, 6.45) is 6.55. The van der Waals surface area contributed by atoms with E-state index in [0.717, 1.165) is 41.6 Å². The van der Waals surface area contributed by atoms with Crippen molar-refractivity contribution in [2.75, 3.05) is 12.8 Å². The molecule has 0 fully saturated rings. The highest BCUT2D eigenvalue weighted by Crippen LogP contribution is 2.30. The second-order valence-corrected chi connectivity index (χ2v) is 6.99. The average molecular weight is 389 g/mol. The first-order chi connectivity index (χ1) is 14.1. The van der Waals surface area contributed by atoms with Crippen LogP contribution in [-0.2, 0) is 17.7 Å². The number of aromatic nitrogens is 4. The number of anilines is 1. The molecule has 0 aliphatic rings. The second-order valence-electron chi connectivity index (χ2n) is 6.99. The van der Waals surface area contributed by atoms with E-state index < -0.39 is 5.97 Å². The number of ether oxygens (including phenoxy) is 1. The number of pyridine rings is 2. The van der Waals surface area contributed by atoms with Crippen LogP contribution in [0.3, 0.4) is 0 Å². The van der Waals surface area contributed by atoms with Crippen LogP contribution in [0.4, 0.5) is 5.82 Å². The van der Waals surface area contributed by atoms with Gasteiger partial charge in [-0.05, 0) is 42.3 Å². The summed E-state index contributed by atoms with van der Waals surface area (Å²) in [5.41, 5.74) is 10.1. The van der Waals surface area contributed by atoms with Gasteiger partial charge >= 0.3 is 5.97 Å². The number of rotatable bonds is 6. The molecule has 3 aromatic heterocycles. The summed E-state index contributed by atoms with van der Waals surface area (Å²) in [5.74, 6) is 0.943. The summed E-state index contributed by atoms with van der Waals surface area (Å²) in [5, 5.41) is 0.908. The Labute approximate surface area is 168 Å². The van der Waals surface area contributed by atoms with E-state index in [9.17, 15) is 4.79 Å². The Kier molecular flexibility index (Phi) is 5.12. The fourth-order valence-electron chi connectivity index (χ4n) is 3.57. The number of fused-ring (bicyclic) bond motifs is 3. The number of nitrogens with zero attached hydrogens (tertiary/aromatic N) is 4. The molecular formula is C22H23N5O2. The molecule has 148 valence electrons. The van der Waals surface area contributed by atoms with E-state index in [1.807, 2.05) is 18.2 Å². The highest BCUT2D eigenvalue weighted by atomic mass is 16.5. The highest BCUT2D eigenvalue weighted by molar-refractivity contribution is 6.08. The van der Waals surface area contributed by atoms with Gasteiger partial charge in [-0.15, -0.1) is 0 Å². The molecule has 1 aromatic carbocycles. The van der Waals surface area contributed by atoms with Crippen LogP contribution in [0.1, 0.15) is 41.5 Å². The number of carbonyl (C=O) groups excluding carboxylic acids is 1. The minimum Gasteiger partial charge on any atom is -0.465 e. The highest BCUT2D eigenvalue weighted by Gasteiger charge is 2.18. The Balaban J connectivity index is 1.96. The Morgan fingerprint density at radius 2 is 1.97 bits per heavy atom. The van der Waals surface area contributed by atoms with Crippen LogP contribution in [0, 0.1) is 0 Å². The van der Waals surface area contributed by atoms with E-state index in [2.05, 4.69) is 21.5 Å². The average Bonchev–Trinajstić information content (AvgIpc) is 3.11. The number of hydrogen-bond acceptors (Lipinski definition) is 6. The monoisotopic (exact) mass is 389 g/mol. The summed E-state index contributed by atoms with van der Waals surface area (Å²) in [7, 11) is 1.36. The van der Waals surface area contributed by atoms with Crippen LogP contribution in [0.25, 0.3) is 21.9 Å². The number of nitrogen functional groups attached to an aromatic ring is 1. The van der Waals surface area contributed by atoms with Gasteiger partial charge in [0, 0.05) is 30.7 Å². The minimum absolute atomic E-state index is 0.362. The maximum Gasteiger partial charge on any atom is 0.337 e. The van der Waals surface area contributed by atoms with Gasteiger partial charge in [-0.3, -0.25) is 4.98 Å². The zero-order valence-corrected chi connectivity index (χ0v) is 16.6. The smallest absolute Gasteiger partial charge is 0.337 e. The zero-order chi connectivity index (χ0) is 20.4. The molecule has 0 aliphatic heterocycles. The third kappa shape index (κ3) is 3.51. The number of unbranched alkanes of at least 4 members (excludes halogenated alkanes) is 1. The third-order valence-corrected chi connectivity index (χ3v) is 5.05. The van der Waals surface area contributed by atoms with Crippen LogP contribution >= 0.6 is 0 Å². The van der Waals surface area contributed by atoms with Crippen LogP contribution < -0.4 is 5.73 Å². The molecule has 3 heterocycles. The second kappa shape index (κ2) is 7.87. The molecule has 0 atom stereocenters. The lowest BCUT2D eigenvalue weighted by Crippen LogP contribution is -2.06. The molecule has 0 aliphatic carbocycles. The van der Waals surface area contributed by atoms with Crippen molar-refractivity contribution in [1.82, 2.24) is 19.5 Å². The first-order valence-corrected chi connectivity index (χ1v) is 9.68. The molecule has 2 N–H and O–H groups in total. The quantitative estimate of drug-likeness (QED) is 0.505. The van der Waals surface area contributed by atoms with E-state index in [1.165, 1.54) is 7.11 Å². The van der Waals surface area contributed by atoms with Gasteiger partial charge in [0.25, 0.3) is 0 Å². The number of benzene rings is 1. The maximum absolute atomic E-state index is 11.9. The molecule has 0 unspecified atom stereocenters. The van der Waals surface area contributed by atoms with Crippen molar-refractivity contribution in [1.29, 1.82) is 0 Å². The van der Waals surface area contributed by atoms with Gasteiger partial charge in [0.05, 0.1) is 23.7 Å². The summed E-state index contributed by atoms with van der Waals surface area (Å²) in [6, 6.07) is 9.35. The van der Waals surface area contributed by atoms with E-state index in [0.29, 0.717) is 29.0 Å². The van der Waals surface area contributed by atoms with Gasteiger partial charge in [0.15, 0.2) is 5.82 Å². The Bertz CT molecular complexity index is 1180. The van der Waals surface area contributed by atoms with Crippen LogP contribution in [-0.4, -0.2) is 32.6 Å². The minimum atomic E-state index is -0.402. The van der Waals surface area contributed by atoms with Crippen LogP contribution in [0.2, 0.25) is 0 Å². The molecule has 4 aromatic rings. The predicted molar refractivity (Wildman–Crippen MR) is 113 cm³/mol. The zero-order valence-electron chi connectivity index (χ0n) is 16.6. The number of hydrogen-bond donors (Lipinski definition) is 1. The lowest BCUT2D eigenvalue weighted by molar-refractivity contribution is 0.0601. The number of nitrogens with two attached hydrogens (primary N) is 1. The normalized spacial score (nSPS) is 11.2. The van der Waals surface area contributed by atoms with Crippen molar-refractivity contribution in [2.45, 2.75) is 32.7 Å². The van der Waals surface area contributed by atoms with Crippen molar-refractivity contribution >= 4 is 33.7 Å². The lowest BCUT2D eigenvalue weighted by Gasteiger charge is -2.11. The maximum atomic E-state index is 11.9. The molecule has 7 heteroatoms. The number of imidazole rings is 1. The lowest BCUT2D eigenvalue weighted by atomic mass is 10.1. The van der Waals surface area contributed by atoms with Crippen LogP contribution in [0.15, 0.2) is 42.7 Å². The van der Waals surface area contributed by atoms with Crippen LogP contribution in [0.5, 0.6) is 0 Å². The van der Waals surface area contributed by atoms with Gasteiger partial charge in [-0.2, -0.15) is 0 Å². The van der Waals surface area contributed by atoms with Gasteiger partial charge in [0.2, 0.25) is 0 Å². The van der Waals surface area contributed by atoms with E-state index in [4.69, 9.17) is 15.5 Å². The summed E-state index contributed by atoms with van der Waals surface area (Å²) < 4.78 is 7.04. The Morgan fingerprint density at radius 1 is 1.17 bits per heavy atom. The standard InChI is InChI=1S/C22H23N5O2/c1-3-4-5-18-26-19-20(27(18)13-14-8-10-24-11-9-14)16-7-6-15(22(28)29-2)12-17(16)25-21(19)23/h6-12H,3-5,13H2,1-2H3,(H2,23,25). The number of esters is 1. The topological polar surface area (TPSA) is 95.9 Å². The molecular weight excluding hydrogens is 366 g/mol. The first-order valence-electron chi connectivity index (χ1n) is 9.68. The Morgan fingerprint density at radius 3 is 2.69 bits per heavy atom. The largest absolute Gasteiger partial charge is 0.465 e. The van der Waals surface area contributed by atoms with Crippen molar-refractivity contribution in [3.8, 4) is 0 Å². The summed E-state index contributed by atoms with van der Waals surface area (Å²) in [4.78, 5) is 25.4. The molecule has 7 nitrogen and oxygen atoms in total. The molecule has 29 heavy (non-hydrogen) atoms. The fourth-order valence-corrected chi connectivity index (χ4v) is 3.57. The third-order valence-electron chi connectivity index (χ3n) is 5.05. The van der Waals surface area contributed by atoms with Crippen molar-refractivity contribution < 1.29 is 9.53 Å². The number of methoxy groups -OCH3 is 1. The number of aryl methyl sites for hydroxylation is 1. The first kappa shape index (κ1) is 18.9. The Hall–Kier alpha value is -3.48. The van der Waals surface area contributed by atoms with E-state index >= 15 is 0 Å². The van der Waals surface area contributed by atoms with Crippen molar-refractivity contribution in [3.05, 3.63) is 59.7 Å². The molecule has 0 radical (unpaired) electrons. The SMILES string of the molecule is CCCCc1nc2c(N)nc3cc(C(=O)OC)ccc3c2n1Cc1ccncc1. The molecule has 0 saturated heterocycles. The number of carbonyl (C=O) groups is 1. The summed E-state index contributed by atoms with van der Waals surface area (Å²) >= 11 is 0. The van der Waals surface area contributed by atoms with Crippen molar-refractivity contribution in [2.24, 2.45) is 0 Å². The van der Waals surface area contributed by atoms with E-state index in [-0.39, 0.29) is 0 Å². The van der Waals surface area contributed by atoms with Gasteiger partial charge in [-0.25, -0.2) is 14.8 Å². The predicted octanol–water partition coefficient (Wildman–Crippen LogP) is 3.74. The summed E-state index contributed by atoms with van der Waals surface area (Å²) in [6.45, 7) is 2.82. The molecule has 4 rings (SSSR count). The molecule has 0 amide bonds. The van der Waals surface area contributed by atoms with Gasteiger partial charge in [0.1, 0.15) is 11.3 Å².